The highest BCUT2D eigenvalue weighted by molar-refractivity contribution is 6.31. The van der Waals surface area contributed by atoms with E-state index in [4.69, 9.17) is 21.1 Å². The minimum absolute atomic E-state index is 0.00401. The SMILES string of the molecule is COc1cc2ncnc(Nc3cccc(Cl)c3F)c2cc1OC1CCC(C2NCCNC2=O)CC1. The Morgan fingerprint density at radius 3 is 2.71 bits per heavy atom. The maximum Gasteiger partial charge on any atom is 0.237 e. The fourth-order valence-electron chi connectivity index (χ4n) is 4.86. The summed E-state index contributed by atoms with van der Waals surface area (Å²) in [5.74, 6) is 1.40. The molecule has 2 fully saturated rings. The predicted octanol–water partition coefficient (Wildman–Crippen LogP) is 4.20. The molecule has 1 aliphatic carbocycles. The van der Waals surface area contributed by atoms with Crippen molar-refractivity contribution in [3.63, 3.8) is 0 Å². The summed E-state index contributed by atoms with van der Waals surface area (Å²) in [6, 6.07) is 8.22. The Kier molecular flexibility index (Phi) is 6.88. The summed E-state index contributed by atoms with van der Waals surface area (Å²) >= 11 is 5.93. The van der Waals surface area contributed by atoms with Crippen LogP contribution in [-0.2, 0) is 4.79 Å². The summed E-state index contributed by atoms with van der Waals surface area (Å²) in [7, 11) is 1.58. The monoisotopic (exact) mass is 499 g/mol. The van der Waals surface area contributed by atoms with Crippen LogP contribution >= 0.6 is 11.6 Å². The molecular weight excluding hydrogens is 473 g/mol. The van der Waals surface area contributed by atoms with Crippen LogP contribution < -0.4 is 25.4 Å². The number of methoxy groups -OCH3 is 1. The number of amides is 1. The van der Waals surface area contributed by atoms with E-state index in [1.165, 1.54) is 12.4 Å². The van der Waals surface area contributed by atoms with E-state index >= 15 is 0 Å². The predicted molar refractivity (Wildman–Crippen MR) is 132 cm³/mol. The Labute approximate surface area is 207 Å². The smallest absolute Gasteiger partial charge is 0.237 e. The molecule has 0 spiro atoms. The third-order valence-electron chi connectivity index (χ3n) is 6.68. The van der Waals surface area contributed by atoms with E-state index in [9.17, 15) is 9.18 Å². The van der Waals surface area contributed by atoms with Crippen LogP contribution in [0.1, 0.15) is 25.7 Å². The van der Waals surface area contributed by atoms with E-state index in [0.29, 0.717) is 40.7 Å². The molecule has 3 N–H and O–H groups in total. The van der Waals surface area contributed by atoms with Gasteiger partial charge in [-0.2, -0.15) is 0 Å². The zero-order valence-electron chi connectivity index (χ0n) is 19.3. The van der Waals surface area contributed by atoms with Crippen LogP contribution in [-0.4, -0.2) is 48.2 Å². The van der Waals surface area contributed by atoms with Crippen molar-refractivity contribution in [2.75, 3.05) is 25.5 Å². The Hall–Kier alpha value is -3.17. The molecule has 35 heavy (non-hydrogen) atoms. The summed E-state index contributed by atoms with van der Waals surface area (Å²) in [5, 5.41) is 10.00. The zero-order chi connectivity index (χ0) is 24.4. The van der Waals surface area contributed by atoms with Crippen molar-refractivity contribution in [1.82, 2.24) is 20.6 Å². The highest BCUT2D eigenvalue weighted by Gasteiger charge is 2.34. The molecule has 184 valence electrons. The number of carbonyl (C=O) groups is 1. The van der Waals surface area contributed by atoms with Gasteiger partial charge in [-0.05, 0) is 49.8 Å². The molecule has 1 saturated carbocycles. The first kappa shape index (κ1) is 23.6. The highest BCUT2D eigenvalue weighted by atomic mass is 35.5. The number of piperazine rings is 1. The van der Waals surface area contributed by atoms with Crippen molar-refractivity contribution in [2.24, 2.45) is 5.92 Å². The lowest BCUT2D eigenvalue weighted by molar-refractivity contribution is -0.126. The van der Waals surface area contributed by atoms with Gasteiger partial charge >= 0.3 is 0 Å². The quantitative estimate of drug-likeness (QED) is 0.467. The minimum atomic E-state index is -0.552. The van der Waals surface area contributed by atoms with Gasteiger partial charge in [-0.3, -0.25) is 4.79 Å². The van der Waals surface area contributed by atoms with Gasteiger partial charge in [0.15, 0.2) is 17.3 Å². The molecule has 1 aliphatic heterocycles. The average molecular weight is 500 g/mol. The first-order valence-corrected chi connectivity index (χ1v) is 12.1. The lowest BCUT2D eigenvalue weighted by atomic mass is 9.81. The fraction of sp³-hybridized carbons (Fsp3) is 0.400. The molecule has 2 aromatic carbocycles. The number of anilines is 2. The molecule has 2 aliphatic rings. The highest BCUT2D eigenvalue weighted by Crippen LogP contribution is 2.38. The first-order valence-electron chi connectivity index (χ1n) is 11.7. The van der Waals surface area contributed by atoms with E-state index in [2.05, 4.69) is 25.9 Å². The third kappa shape index (κ3) is 4.97. The Bertz CT molecular complexity index is 1240. The van der Waals surface area contributed by atoms with Gasteiger partial charge in [0.05, 0.1) is 35.5 Å². The van der Waals surface area contributed by atoms with E-state index in [-0.39, 0.29) is 28.8 Å². The summed E-state index contributed by atoms with van der Waals surface area (Å²) < 4.78 is 26.4. The van der Waals surface area contributed by atoms with Gasteiger partial charge < -0.3 is 25.4 Å². The number of aromatic nitrogens is 2. The number of nitrogens with zero attached hydrogens (tertiary/aromatic N) is 2. The van der Waals surface area contributed by atoms with Crippen LogP contribution in [0.2, 0.25) is 5.02 Å². The number of halogens is 2. The van der Waals surface area contributed by atoms with E-state index in [0.717, 1.165) is 32.2 Å². The molecule has 2 heterocycles. The van der Waals surface area contributed by atoms with E-state index < -0.39 is 5.82 Å². The second-order valence-electron chi connectivity index (χ2n) is 8.85. The summed E-state index contributed by atoms with van der Waals surface area (Å²) in [6.07, 6.45) is 4.87. The standard InChI is InChI=1S/C25H27ClFN5O3/c1-34-20-12-19-16(24(31-13-30-19)32-18-4-2-3-17(26)22(18)27)11-21(20)35-15-7-5-14(6-8-15)23-25(33)29-10-9-28-23/h2-4,11-15,23,28H,5-10H2,1H3,(H,29,33)(H,30,31,32). The topological polar surface area (TPSA) is 97.4 Å². The normalized spacial score (nSPS) is 22.5. The molecule has 3 aromatic rings. The van der Waals surface area contributed by atoms with Gasteiger partial charge in [0.1, 0.15) is 12.1 Å². The molecule has 8 nitrogen and oxygen atoms in total. The van der Waals surface area contributed by atoms with Gasteiger partial charge in [-0.1, -0.05) is 17.7 Å². The van der Waals surface area contributed by atoms with Crippen molar-refractivity contribution in [2.45, 2.75) is 37.8 Å². The Balaban J connectivity index is 1.36. The number of hydrogen-bond acceptors (Lipinski definition) is 7. The van der Waals surface area contributed by atoms with Gasteiger partial charge in [0, 0.05) is 24.5 Å². The number of rotatable bonds is 6. The number of benzene rings is 2. The molecule has 0 radical (unpaired) electrons. The van der Waals surface area contributed by atoms with E-state index in [1.807, 2.05) is 6.07 Å². The van der Waals surface area contributed by atoms with Gasteiger partial charge in [-0.25, -0.2) is 14.4 Å². The maximum atomic E-state index is 14.5. The van der Waals surface area contributed by atoms with Crippen molar-refractivity contribution in [3.05, 3.63) is 47.5 Å². The molecule has 0 bridgehead atoms. The van der Waals surface area contributed by atoms with Crippen LogP contribution in [0.5, 0.6) is 11.5 Å². The van der Waals surface area contributed by atoms with Crippen molar-refractivity contribution in [1.29, 1.82) is 0 Å². The number of fused-ring (bicyclic) bond motifs is 1. The Morgan fingerprint density at radius 1 is 1.11 bits per heavy atom. The zero-order valence-corrected chi connectivity index (χ0v) is 20.1. The minimum Gasteiger partial charge on any atom is -0.493 e. The third-order valence-corrected chi connectivity index (χ3v) is 6.97. The molecule has 10 heteroatoms. The number of nitrogens with one attached hydrogen (secondary N) is 3. The maximum absolute atomic E-state index is 14.5. The van der Waals surface area contributed by atoms with Crippen LogP contribution in [0.25, 0.3) is 10.9 Å². The summed E-state index contributed by atoms with van der Waals surface area (Å²) in [4.78, 5) is 20.9. The van der Waals surface area contributed by atoms with Crippen molar-refractivity contribution >= 4 is 39.9 Å². The van der Waals surface area contributed by atoms with Crippen molar-refractivity contribution in [3.8, 4) is 11.5 Å². The van der Waals surface area contributed by atoms with Gasteiger partial charge in [0.25, 0.3) is 0 Å². The molecule has 1 atom stereocenters. The average Bonchev–Trinajstić information content (AvgIpc) is 2.87. The first-order chi connectivity index (χ1) is 17.0. The second-order valence-corrected chi connectivity index (χ2v) is 9.25. The van der Waals surface area contributed by atoms with Crippen LogP contribution in [0.4, 0.5) is 15.9 Å². The summed E-state index contributed by atoms with van der Waals surface area (Å²) in [5.41, 5.74) is 0.849. The van der Waals surface area contributed by atoms with Gasteiger partial charge in [-0.15, -0.1) is 0 Å². The van der Waals surface area contributed by atoms with Crippen LogP contribution in [0.15, 0.2) is 36.7 Å². The molecular formula is C25H27ClFN5O3. The lowest BCUT2D eigenvalue weighted by Gasteiger charge is -2.35. The molecule has 1 aromatic heterocycles. The second kappa shape index (κ2) is 10.2. The number of carbonyl (C=O) groups excluding carboxylic acids is 1. The molecule has 5 rings (SSSR count). The van der Waals surface area contributed by atoms with Crippen molar-refractivity contribution < 1.29 is 18.7 Å². The van der Waals surface area contributed by atoms with Crippen LogP contribution in [0.3, 0.4) is 0 Å². The summed E-state index contributed by atoms with van der Waals surface area (Å²) in [6.45, 7) is 1.48. The number of ether oxygens (including phenoxy) is 2. The van der Waals surface area contributed by atoms with E-state index in [1.54, 1.807) is 25.3 Å². The van der Waals surface area contributed by atoms with Crippen LogP contribution in [0, 0.1) is 11.7 Å². The Morgan fingerprint density at radius 2 is 1.94 bits per heavy atom. The largest absolute Gasteiger partial charge is 0.493 e. The lowest BCUT2D eigenvalue weighted by Crippen LogP contribution is -2.56. The van der Waals surface area contributed by atoms with Gasteiger partial charge in [0.2, 0.25) is 5.91 Å². The molecule has 1 unspecified atom stereocenters. The molecule has 1 amide bonds. The number of hydrogen-bond donors (Lipinski definition) is 3. The molecule has 1 saturated heterocycles. The fourth-order valence-corrected chi connectivity index (χ4v) is 5.03.